The molecule has 2 heteroatoms. The third-order valence-corrected chi connectivity index (χ3v) is 10.3. The van der Waals surface area contributed by atoms with E-state index in [1.807, 2.05) is 0 Å². The van der Waals surface area contributed by atoms with Gasteiger partial charge in [0, 0.05) is 33.5 Å². The van der Waals surface area contributed by atoms with Crippen molar-refractivity contribution in [1.29, 1.82) is 0 Å². The van der Waals surface area contributed by atoms with E-state index in [4.69, 9.17) is 0 Å². The zero-order valence-electron chi connectivity index (χ0n) is 28.5. The zero-order chi connectivity index (χ0) is 34.4. The highest BCUT2D eigenvalue weighted by molar-refractivity contribution is 6.18. The molecule has 0 fully saturated rings. The van der Waals surface area contributed by atoms with E-state index in [0.717, 1.165) is 17.1 Å². The maximum absolute atomic E-state index is 2.40. The van der Waals surface area contributed by atoms with E-state index in [-0.39, 0.29) is 0 Å². The third-order valence-electron chi connectivity index (χ3n) is 10.3. The van der Waals surface area contributed by atoms with Gasteiger partial charge in [0.25, 0.3) is 0 Å². The number of nitrogens with zero attached hydrogens (tertiary/aromatic N) is 2. The summed E-state index contributed by atoms with van der Waals surface area (Å²) in [5.74, 6) is 0. The van der Waals surface area contributed by atoms with Gasteiger partial charge in [-0.1, -0.05) is 133 Å². The summed E-state index contributed by atoms with van der Waals surface area (Å²) in [7, 11) is 0. The molecule has 1 heterocycles. The van der Waals surface area contributed by atoms with Crippen molar-refractivity contribution >= 4 is 60.4 Å². The minimum Gasteiger partial charge on any atom is -0.311 e. The smallest absolute Gasteiger partial charge is 0.0547 e. The van der Waals surface area contributed by atoms with Gasteiger partial charge in [-0.2, -0.15) is 0 Å². The number of hydrogen-bond donors (Lipinski definition) is 0. The van der Waals surface area contributed by atoms with Gasteiger partial charge in [0.2, 0.25) is 0 Å². The summed E-state index contributed by atoms with van der Waals surface area (Å²) < 4.78 is 2.40. The zero-order valence-corrected chi connectivity index (χ0v) is 28.5. The Bertz CT molecular complexity index is 2850. The average molecular weight is 663 g/mol. The molecule has 0 saturated carbocycles. The van der Waals surface area contributed by atoms with E-state index < -0.39 is 0 Å². The molecule has 0 aliphatic rings. The first-order valence-corrected chi connectivity index (χ1v) is 17.8. The Morgan fingerprint density at radius 2 is 0.808 bits per heavy atom. The molecule has 0 spiro atoms. The molecule has 0 aliphatic carbocycles. The van der Waals surface area contributed by atoms with E-state index >= 15 is 0 Å². The lowest BCUT2D eigenvalue weighted by molar-refractivity contribution is 1.18. The molecule has 0 amide bonds. The predicted molar refractivity (Wildman–Crippen MR) is 221 cm³/mol. The molecule has 10 rings (SSSR count). The first-order valence-electron chi connectivity index (χ1n) is 17.8. The Labute approximate surface area is 303 Å². The van der Waals surface area contributed by atoms with Crippen molar-refractivity contribution in [3.63, 3.8) is 0 Å². The maximum atomic E-state index is 2.40. The van der Waals surface area contributed by atoms with Crippen LogP contribution in [0.25, 0.3) is 71.3 Å². The van der Waals surface area contributed by atoms with E-state index in [1.54, 1.807) is 0 Å². The first kappa shape index (κ1) is 30.0. The highest BCUT2D eigenvalue weighted by Gasteiger charge is 2.16. The van der Waals surface area contributed by atoms with Crippen LogP contribution < -0.4 is 4.90 Å². The lowest BCUT2D eigenvalue weighted by atomic mass is 9.96. The van der Waals surface area contributed by atoms with Crippen molar-refractivity contribution in [2.24, 2.45) is 0 Å². The Kier molecular flexibility index (Phi) is 7.18. The number of para-hydroxylation sites is 3. The molecule has 10 aromatic rings. The standard InChI is InChI=1S/C50H34N2/c1-4-12-35(13-5-1)36-22-27-43(28-23-36)51(41-14-6-2-7-15-41)44-29-24-37(25-30-44)38-26-31-45-39(32-38)20-21-40-33-48-46-18-10-11-19-49(46)52(50(48)34-47(40)45)42-16-8-3-9-17-42/h1-34H. The molecular weight excluding hydrogens is 629 g/mol. The SMILES string of the molecule is c1ccc(-c2ccc(N(c3ccccc3)c3ccc(-c4ccc5c(ccc6cc7c8ccccc8n(-c8ccccc8)c7cc65)c4)cc3)cc2)cc1. The normalized spacial score (nSPS) is 11.5. The summed E-state index contributed by atoms with van der Waals surface area (Å²) in [4.78, 5) is 2.32. The lowest BCUT2D eigenvalue weighted by Gasteiger charge is -2.26. The average Bonchev–Trinajstić information content (AvgIpc) is 3.54. The van der Waals surface area contributed by atoms with Crippen LogP contribution in [0.3, 0.4) is 0 Å². The second-order valence-corrected chi connectivity index (χ2v) is 13.4. The second kappa shape index (κ2) is 12.5. The van der Waals surface area contributed by atoms with Gasteiger partial charge in [0.1, 0.15) is 0 Å². The van der Waals surface area contributed by atoms with E-state index in [9.17, 15) is 0 Å². The molecule has 1 aromatic heterocycles. The van der Waals surface area contributed by atoms with Crippen LogP contribution in [0.2, 0.25) is 0 Å². The van der Waals surface area contributed by atoms with Crippen LogP contribution in [0.1, 0.15) is 0 Å². The van der Waals surface area contributed by atoms with Crippen LogP contribution in [0.4, 0.5) is 17.1 Å². The predicted octanol–water partition coefficient (Wildman–Crippen LogP) is 13.9. The number of hydrogen-bond acceptors (Lipinski definition) is 1. The molecule has 0 aliphatic heterocycles. The van der Waals surface area contributed by atoms with Crippen molar-refractivity contribution in [1.82, 2.24) is 4.57 Å². The van der Waals surface area contributed by atoms with Crippen molar-refractivity contribution < 1.29 is 0 Å². The molecule has 2 nitrogen and oxygen atoms in total. The van der Waals surface area contributed by atoms with Crippen molar-refractivity contribution in [3.05, 3.63) is 206 Å². The van der Waals surface area contributed by atoms with Crippen LogP contribution in [0, 0.1) is 0 Å². The van der Waals surface area contributed by atoms with Gasteiger partial charge in [0.05, 0.1) is 11.0 Å². The molecule has 244 valence electrons. The highest BCUT2D eigenvalue weighted by atomic mass is 15.1. The molecule has 0 atom stereocenters. The Hall–Kier alpha value is -6.90. The molecule has 0 unspecified atom stereocenters. The van der Waals surface area contributed by atoms with E-state index in [0.29, 0.717) is 0 Å². The molecule has 0 bridgehead atoms. The number of aromatic nitrogens is 1. The van der Waals surface area contributed by atoms with E-state index in [1.165, 1.54) is 71.3 Å². The van der Waals surface area contributed by atoms with Gasteiger partial charge < -0.3 is 9.47 Å². The molecular formula is C50H34N2. The fourth-order valence-corrected chi connectivity index (χ4v) is 7.82. The maximum Gasteiger partial charge on any atom is 0.0547 e. The van der Waals surface area contributed by atoms with Gasteiger partial charge in [0.15, 0.2) is 0 Å². The summed E-state index contributed by atoms with van der Waals surface area (Å²) in [5, 5.41) is 7.57. The number of anilines is 3. The number of fused-ring (bicyclic) bond motifs is 6. The third kappa shape index (κ3) is 5.12. The minimum atomic E-state index is 1.12. The Morgan fingerprint density at radius 3 is 1.50 bits per heavy atom. The topological polar surface area (TPSA) is 8.17 Å². The molecule has 0 radical (unpaired) electrons. The van der Waals surface area contributed by atoms with E-state index in [2.05, 4.69) is 216 Å². The summed E-state index contributed by atoms with van der Waals surface area (Å²) in [6.45, 7) is 0. The summed E-state index contributed by atoms with van der Waals surface area (Å²) in [6.07, 6.45) is 0. The summed E-state index contributed by atoms with van der Waals surface area (Å²) in [6, 6.07) is 74.6. The van der Waals surface area contributed by atoms with Crippen molar-refractivity contribution in [3.8, 4) is 27.9 Å². The highest BCUT2D eigenvalue weighted by Crippen LogP contribution is 2.39. The fourth-order valence-electron chi connectivity index (χ4n) is 7.82. The Balaban J connectivity index is 1.03. The van der Waals surface area contributed by atoms with Crippen molar-refractivity contribution in [2.75, 3.05) is 4.90 Å². The lowest BCUT2D eigenvalue weighted by Crippen LogP contribution is -2.09. The van der Waals surface area contributed by atoms with Crippen LogP contribution in [0.5, 0.6) is 0 Å². The van der Waals surface area contributed by atoms with Crippen LogP contribution >= 0.6 is 0 Å². The van der Waals surface area contributed by atoms with Crippen LogP contribution in [0.15, 0.2) is 206 Å². The Morgan fingerprint density at radius 1 is 0.288 bits per heavy atom. The quantitative estimate of drug-likeness (QED) is 0.161. The van der Waals surface area contributed by atoms with Gasteiger partial charge in [-0.15, -0.1) is 0 Å². The van der Waals surface area contributed by atoms with Gasteiger partial charge in [-0.3, -0.25) is 0 Å². The van der Waals surface area contributed by atoms with Crippen LogP contribution in [-0.2, 0) is 0 Å². The van der Waals surface area contributed by atoms with Gasteiger partial charge in [-0.05, 0) is 117 Å². The number of rotatable bonds is 6. The monoisotopic (exact) mass is 662 g/mol. The summed E-state index contributed by atoms with van der Waals surface area (Å²) in [5.41, 5.74) is 11.8. The first-order chi connectivity index (χ1) is 25.8. The summed E-state index contributed by atoms with van der Waals surface area (Å²) >= 11 is 0. The van der Waals surface area contributed by atoms with Crippen LogP contribution in [-0.4, -0.2) is 4.57 Å². The molecule has 9 aromatic carbocycles. The second-order valence-electron chi connectivity index (χ2n) is 13.4. The van der Waals surface area contributed by atoms with Gasteiger partial charge >= 0.3 is 0 Å². The van der Waals surface area contributed by atoms with Gasteiger partial charge in [-0.25, -0.2) is 0 Å². The largest absolute Gasteiger partial charge is 0.311 e. The number of benzene rings is 9. The molecule has 0 saturated heterocycles. The van der Waals surface area contributed by atoms with Crippen molar-refractivity contribution in [2.45, 2.75) is 0 Å². The molecule has 52 heavy (non-hydrogen) atoms. The fraction of sp³-hybridized carbons (Fsp3) is 0. The minimum absolute atomic E-state index is 1.12. The molecule has 0 N–H and O–H groups in total.